The number of aryl methyl sites for hydroxylation is 2. The molecule has 140 valence electrons. The number of thioether (sulfide) groups is 1. The molecule has 26 heavy (non-hydrogen) atoms. The second kappa shape index (κ2) is 8.70. The number of aliphatic carboxylic acids is 1. The van der Waals surface area contributed by atoms with Gasteiger partial charge in [0.2, 0.25) is 5.91 Å². The molecule has 2 rings (SSSR count). The first kappa shape index (κ1) is 19.8. The first-order valence-electron chi connectivity index (χ1n) is 8.06. The predicted octanol–water partition coefficient (Wildman–Crippen LogP) is 0.482. The normalized spacial score (nSPS) is 12.1. The zero-order valence-corrected chi connectivity index (χ0v) is 15.4. The van der Waals surface area contributed by atoms with Crippen LogP contribution in [0.2, 0.25) is 0 Å². The van der Waals surface area contributed by atoms with Crippen molar-refractivity contribution in [2.45, 2.75) is 25.3 Å². The van der Waals surface area contributed by atoms with Gasteiger partial charge < -0.3 is 20.0 Å². The zero-order valence-electron chi connectivity index (χ0n) is 14.6. The Hall–Kier alpha value is -2.55. The third-order valence-electron chi connectivity index (χ3n) is 4.05. The molecule has 0 bridgehead atoms. The molecule has 1 aromatic carbocycles. The minimum Gasteiger partial charge on any atom is -0.480 e. The van der Waals surface area contributed by atoms with E-state index in [1.165, 1.54) is 23.4 Å². The largest absolute Gasteiger partial charge is 0.480 e. The van der Waals surface area contributed by atoms with E-state index in [-0.39, 0.29) is 12.3 Å². The van der Waals surface area contributed by atoms with Gasteiger partial charge in [0.1, 0.15) is 6.04 Å². The number of carbonyl (C=O) groups is 2. The molecule has 0 saturated carbocycles. The number of nitrogens with zero attached hydrogens (tertiary/aromatic N) is 1. The summed E-state index contributed by atoms with van der Waals surface area (Å²) in [6.45, 7) is 0. The quantitative estimate of drug-likeness (QED) is 0.574. The highest BCUT2D eigenvalue weighted by molar-refractivity contribution is 7.98. The fourth-order valence-electron chi connectivity index (χ4n) is 2.59. The van der Waals surface area contributed by atoms with E-state index < -0.39 is 23.1 Å². The molecule has 1 atom stereocenters. The summed E-state index contributed by atoms with van der Waals surface area (Å²) in [6.07, 6.45) is 2.76. The molecule has 0 aliphatic rings. The molecule has 1 heterocycles. The van der Waals surface area contributed by atoms with Gasteiger partial charge in [-0.25, -0.2) is 4.79 Å². The smallest absolute Gasteiger partial charge is 0.326 e. The molecule has 0 aliphatic carbocycles. The van der Waals surface area contributed by atoms with Crippen molar-refractivity contribution >= 4 is 34.7 Å². The maximum atomic E-state index is 12.0. The van der Waals surface area contributed by atoms with Crippen LogP contribution in [0.3, 0.4) is 0 Å². The zero-order chi connectivity index (χ0) is 19.3. The Labute approximate surface area is 153 Å². The highest BCUT2D eigenvalue weighted by Crippen LogP contribution is 2.12. The Bertz CT molecular complexity index is 934. The Morgan fingerprint density at radius 2 is 2.08 bits per heavy atom. The number of benzene rings is 1. The van der Waals surface area contributed by atoms with E-state index in [2.05, 4.69) is 10.3 Å². The fraction of sp³-hybridized carbons (Fsp3) is 0.412. The average molecular weight is 379 g/mol. The van der Waals surface area contributed by atoms with Crippen molar-refractivity contribution in [2.24, 2.45) is 7.05 Å². The number of hydrogen-bond acceptors (Lipinski definition) is 5. The minimum absolute atomic E-state index is 0.130. The molecular weight excluding hydrogens is 358 g/mol. The number of fused-ring (bicyclic) bond motifs is 1. The Morgan fingerprint density at radius 1 is 1.35 bits per heavy atom. The number of rotatable bonds is 8. The standard InChI is InChI=1S/C17H21N3O5S/c1-20-13-5-3-10(9-12(13)19-15(22)16(20)23)4-6-14(21)18-11(17(24)25)7-8-26-2/h3,5,9,11H,4,6-8H2,1-2H3,(H,18,21)(H,19,22)(H,24,25)/t11-/m1/s1. The van der Waals surface area contributed by atoms with E-state index in [4.69, 9.17) is 5.11 Å². The second-order valence-electron chi connectivity index (χ2n) is 5.91. The van der Waals surface area contributed by atoms with Crippen molar-refractivity contribution in [3.63, 3.8) is 0 Å². The van der Waals surface area contributed by atoms with Gasteiger partial charge in [0.15, 0.2) is 0 Å². The lowest BCUT2D eigenvalue weighted by atomic mass is 10.1. The van der Waals surface area contributed by atoms with Crippen LogP contribution in [0.15, 0.2) is 27.8 Å². The van der Waals surface area contributed by atoms with E-state index in [1.54, 1.807) is 18.2 Å². The molecule has 8 nitrogen and oxygen atoms in total. The monoisotopic (exact) mass is 379 g/mol. The number of aromatic nitrogens is 2. The molecule has 0 saturated heterocycles. The number of carboxylic acid groups (broad SMARTS) is 1. The van der Waals surface area contributed by atoms with Gasteiger partial charge in [0, 0.05) is 13.5 Å². The third-order valence-corrected chi connectivity index (χ3v) is 4.70. The van der Waals surface area contributed by atoms with E-state index in [0.717, 1.165) is 5.56 Å². The highest BCUT2D eigenvalue weighted by Gasteiger charge is 2.19. The van der Waals surface area contributed by atoms with E-state index >= 15 is 0 Å². The number of nitrogens with one attached hydrogen (secondary N) is 2. The Morgan fingerprint density at radius 3 is 2.73 bits per heavy atom. The molecule has 1 aromatic heterocycles. The van der Waals surface area contributed by atoms with Crippen LogP contribution in [0.25, 0.3) is 11.0 Å². The topological polar surface area (TPSA) is 121 Å². The van der Waals surface area contributed by atoms with Crippen molar-refractivity contribution in [3.8, 4) is 0 Å². The van der Waals surface area contributed by atoms with Gasteiger partial charge in [0.05, 0.1) is 11.0 Å². The molecule has 0 unspecified atom stereocenters. The summed E-state index contributed by atoms with van der Waals surface area (Å²) in [4.78, 5) is 48.9. The summed E-state index contributed by atoms with van der Waals surface area (Å²) >= 11 is 1.52. The first-order chi connectivity index (χ1) is 12.3. The van der Waals surface area contributed by atoms with E-state index in [9.17, 15) is 19.2 Å². The van der Waals surface area contributed by atoms with Gasteiger partial charge in [-0.2, -0.15) is 11.8 Å². The molecule has 9 heteroatoms. The number of carbonyl (C=O) groups excluding carboxylic acids is 1. The summed E-state index contributed by atoms with van der Waals surface area (Å²) in [5.74, 6) is -0.738. The molecule has 0 fully saturated rings. The molecular formula is C17H21N3O5S. The maximum Gasteiger partial charge on any atom is 0.326 e. The second-order valence-corrected chi connectivity index (χ2v) is 6.90. The highest BCUT2D eigenvalue weighted by atomic mass is 32.2. The number of aromatic amines is 1. The Kier molecular flexibility index (Phi) is 6.62. The molecule has 0 aliphatic heterocycles. The van der Waals surface area contributed by atoms with Crippen LogP contribution in [-0.4, -0.2) is 44.6 Å². The average Bonchev–Trinajstić information content (AvgIpc) is 2.61. The van der Waals surface area contributed by atoms with Gasteiger partial charge >= 0.3 is 17.1 Å². The van der Waals surface area contributed by atoms with Gasteiger partial charge in [-0.05, 0) is 42.5 Å². The Balaban J connectivity index is 2.06. The lowest BCUT2D eigenvalue weighted by Crippen LogP contribution is -2.41. The third kappa shape index (κ3) is 4.75. The summed E-state index contributed by atoms with van der Waals surface area (Å²) in [5, 5.41) is 11.7. The van der Waals surface area contributed by atoms with Crippen molar-refractivity contribution in [3.05, 3.63) is 44.5 Å². The van der Waals surface area contributed by atoms with Crippen LogP contribution in [-0.2, 0) is 23.1 Å². The van der Waals surface area contributed by atoms with Gasteiger partial charge in [-0.3, -0.25) is 14.4 Å². The molecule has 2 aromatic rings. The lowest BCUT2D eigenvalue weighted by Gasteiger charge is -2.14. The van der Waals surface area contributed by atoms with Crippen molar-refractivity contribution in [2.75, 3.05) is 12.0 Å². The van der Waals surface area contributed by atoms with Gasteiger partial charge in [-0.1, -0.05) is 6.07 Å². The lowest BCUT2D eigenvalue weighted by molar-refractivity contribution is -0.141. The summed E-state index contributed by atoms with van der Waals surface area (Å²) in [6, 6.07) is 4.30. The summed E-state index contributed by atoms with van der Waals surface area (Å²) in [5.41, 5.74) is 0.574. The van der Waals surface area contributed by atoms with Crippen molar-refractivity contribution in [1.82, 2.24) is 14.9 Å². The van der Waals surface area contributed by atoms with Crippen LogP contribution < -0.4 is 16.4 Å². The number of H-pyrrole nitrogens is 1. The predicted molar refractivity (Wildman–Crippen MR) is 101 cm³/mol. The summed E-state index contributed by atoms with van der Waals surface area (Å²) in [7, 11) is 1.52. The fourth-order valence-corrected chi connectivity index (χ4v) is 3.06. The van der Waals surface area contributed by atoms with Crippen molar-refractivity contribution < 1.29 is 14.7 Å². The number of carboxylic acids is 1. The van der Waals surface area contributed by atoms with Gasteiger partial charge in [0.25, 0.3) is 0 Å². The SMILES string of the molecule is CSCC[C@@H](NC(=O)CCc1ccc2c(c1)[nH]c(=O)c(=O)n2C)C(=O)O. The minimum atomic E-state index is -1.04. The van der Waals surface area contributed by atoms with Crippen LogP contribution in [0.1, 0.15) is 18.4 Å². The van der Waals surface area contributed by atoms with Gasteiger partial charge in [-0.15, -0.1) is 0 Å². The molecule has 3 N–H and O–H groups in total. The van der Waals surface area contributed by atoms with E-state index in [1.807, 2.05) is 6.26 Å². The van der Waals surface area contributed by atoms with Crippen LogP contribution in [0.4, 0.5) is 0 Å². The van der Waals surface area contributed by atoms with Crippen molar-refractivity contribution in [1.29, 1.82) is 0 Å². The maximum absolute atomic E-state index is 12.0. The van der Waals surface area contributed by atoms with Crippen LogP contribution >= 0.6 is 11.8 Å². The van der Waals surface area contributed by atoms with Crippen LogP contribution in [0, 0.1) is 0 Å². The summed E-state index contributed by atoms with van der Waals surface area (Å²) < 4.78 is 1.27. The van der Waals surface area contributed by atoms with Crippen LogP contribution in [0.5, 0.6) is 0 Å². The molecule has 0 radical (unpaired) electrons. The molecule has 0 spiro atoms. The number of amides is 1. The first-order valence-corrected chi connectivity index (χ1v) is 9.46. The molecule has 1 amide bonds. The van der Waals surface area contributed by atoms with E-state index in [0.29, 0.717) is 29.6 Å². The number of hydrogen-bond donors (Lipinski definition) is 3.